The van der Waals surface area contributed by atoms with Crippen molar-refractivity contribution < 1.29 is 32.6 Å². The lowest BCUT2D eigenvalue weighted by atomic mass is 9.86. The number of benzene rings is 2. The Morgan fingerprint density at radius 2 is 1.55 bits per heavy atom. The zero-order valence-corrected chi connectivity index (χ0v) is 20.7. The van der Waals surface area contributed by atoms with Gasteiger partial charge in [0.25, 0.3) is 11.8 Å². The quantitative estimate of drug-likeness (QED) is 0.416. The number of halogens is 2. The minimum Gasteiger partial charge on any atom is -0.465 e. The first-order chi connectivity index (χ1) is 18.3. The highest BCUT2D eigenvalue weighted by Crippen LogP contribution is 2.27. The standard InChI is InChI=1S/C28H27F2N3O5/c1-37-28(36)19-6-4-18(5-7-19)25(34)31-15-17-2-10-22(11-3-17)33-26(35)24-14-21(30)16-32-27(24)38-23-12-8-20(29)9-13-23/h4-9,12-14,16-17,22H,2-3,10-11,15H2,1H3,(H,31,34)(H,33,35). The van der Waals surface area contributed by atoms with Gasteiger partial charge in [0.05, 0.1) is 18.9 Å². The number of carbonyl (C=O) groups is 3. The topological polar surface area (TPSA) is 107 Å². The van der Waals surface area contributed by atoms with E-state index in [1.807, 2.05) is 0 Å². The van der Waals surface area contributed by atoms with Crippen LogP contribution in [0.4, 0.5) is 8.78 Å². The fourth-order valence-electron chi connectivity index (χ4n) is 4.27. The van der Waals surface area contributed by atoms with Gasteiger partial charge in [-0.15, -0.1) is 0 Å². The second kappa shape index (κ2) is 12.3. The smallest absolute Gasteiger partial charge is 0.337 e. The van der Waals surface area contributed by atoms with E-state index in [4.69, 9.17) is 4.74 Å². The van der Waals surface area contributed by atoms with Gasteiger partial charge in [0.15, 0.2) is 0 Å². The fourth-order valence-corrected chi connectivity index (χ4v) is 4.27. The van der Waals surface area contributed by atoms with Gasteiger partial charge in [0, 0.05) is 18.2 Å². The van der Waals surface area contributed by atoms with Crippen LogP contribution < -0.4 is 15.4 Å². The Bertz CT molecular complexity index is 1290. The van der Waals surface area contributed by atoms with E-state index in [0.29, 0.717) is 30.5 Å². The van der Waals surface area contributed by atoms with E-state index in [1.54, 1.807) is 24.3 Å². The summed E-state index contributed by atoms with van der Waals surface area (Å²) in [6.07, 6.45) is 3.90. The zero-order valence-electron chi connectivity index (χ0n) is 20.7. The first-order valence-corrected chi connectivity index (χ1v) is 12.2. The van der Waals surface area contributed by atoms with E-state index in [9.17, 15) is 23.2 Å². The van der Waals surface area contributed by atoms with Crippen molar-refractivity contribution in [3.05, 3.63) is 89.1 Å². The highest BCUT2D eigenvalue weighted by molar-refractivity contribution is 5.97. The van der Waals surface area contributed by atoms with Crippen molar-refractivity contribution in [1.82, 2.24) is 15.6 Å². The number of hydrogen-bond donors (Lipinski definition) is 2. The highest BCUT2D eigenvalue weighted by Gasteiger charge is 2.25. The number of rotatable bonds is 8. The van der Waals surface area contributed by atoms with E-state index in [2.05, 4.69) is 20.4 Å². The molecule has 0 radical (unpaired) electrons. The maximum Gasteiger partial charge on any atom is 0.337 e. The summed E-state index contributed by atoms with van der Waals surface area (Å²) >= 11 is 0. The fraction of sp³-hybridized carbons (Fsp3) is 0.286. The van der Waals surface area contributed by atoms with Crippen LogP contribution in [0.25, 0.3) is 0 Å². The molecule has 0 spiro atoms. The van der Waals surface area contributed by atoms with Crippen LogP contribution in [0.1, 0.15) is 56.8 Å². The molecule has 4 rings (SSSR count). The third-order valence-electron chi connectivity index (χ3n) is 6.39. The normalized spacial score (nSPS) is 16.8. The zero-order chi connectivity index (χ0) is 27.1. The number of pyridine rings is 1. The van der Waals surface area contributed by atoms with Crippen LogP contribution in [0.3, 0.4) is 0 Å². The number of nitrogens with one attached hydrogen (secondary N) is 2. The molecule has 1 saturated carbocycles. The average Bonchev–Trinajstić information content (AvgIpc) is 2.94. The van der Waals surface area contributed by atoms with Gasteiger partial charge in [-0.25, -0.2) is 18.6 Å². The van der Waals surface area contributed by atoms with Crippen LogP contribution in [0.2, 0.25) is 0 Å². The highest BCUT2D eigenvalue weighted by atomic mass is 19.1. The molecule has 8 nitrogen and oxygen atoms in total. The maximum atomic E-state index is 13.9. The van der Waals surface area contributed by atoms with E-state index < -0.39 is 23.5 Å². The summed E-state index contributed by atoms with van der Waals surface area (Å²) in [4.78, 5) is 40.8. The van der Waals surface area contributed by atoms with E-state index in [0.717, 1.165) is 25.1 Å². The summed E-state index contributed by atoms with van der Waals surface area (Å²) in [5.74, 6) is -1.90. The van der Waals surface area contributed by atoms with Gasteiger partial charge in [-0.3, -0.25) is 9.59 Å². The molecule has 1 aromatic heterocycles. The van der Waals surface area contributed by atoms with Crippen molar-refractivity contribution in [1.29, 1.82) is 0 Å². The van der Waals surface area contributed by atoms with Crippen LogP contribution in [0.15, 0.2) is 60.8 Å². The Balaban J connectivity index is 1.27. The van der Waals surface area contributed by atoms with Crippen molar-refractivity contribution in [2.45, 2.75) is 31.7 Å². The Morgan fingerprint density at radius 1 is 0.895 bits per heavy atom. The Kier molecular flexibility index (Phi) is 8.62. The van der Waals surface area contributed by atoms with Crippen molar-refractivity contribution in [2.75, 3.05) is 13.7 Å². The molecule has 1 fully saturated rings. The van der Waals surface area contributed by atoms with E-state index in [1.165, 1.54) is 31.4 Å². The molecule has 0 unspecified atom stereocenters. The SMILES string of the molecule is COC(=O)c1ccc(C(=O)NCC2CCC(NC(=O)c3cc(F)cnc3Oc3ccc(F)cc3)CC2)cc1. The lowest BCUT2D eigenvalue weighted by Gasteiger charge is -2.29. The van der Waals surface area contributed by atoms with Crippen LogP contribution >= 0.6 is 0 Å². The summed E-state index contributed by atoms with van der Waals surface area (Å²) < 4.78 is 37.3. The molecule has 0 atom stereocenters. The number of amides is 2. The molecule has 1 aliphatic rings. The second-order valence-corrected chi connectivity index (χ2v) is 9.03. The molecule has 1 aliphatic carbocycles. The first kappa shape index (κ1) is 26.7. The molecule has 0 saturated heterocycles. The van der Waals surface area contributed by atoms with Gasteiger partial charge < -0.3 is 20.1 Å². The molecule has 3 aromatic rings. The largest absolute Gasteiger partial charge is 0.465 e. The molecule has 0 bridgehead atoms. The minimum absolute atomic E-state index is 0.0538. The van der Waals surface area contributed by atoms with Crippen LogP contribution in [0, 0.1) is 17.6 Å². The van der Waals surface area contributed by atoms with Crippen molar-refractivity contribution in [2.24, 2.45) is 5.92 Å². The molecule has 2 N–H and O–H groups in total. The lowest BCUT2D eigenvalue weighted by Crippen LogP contribution is -2.40. The van der Waals surface area contributed by atoms with E-state index >= 15 is 0 Å². The summed E-state index contributed by atoms with van der Waals surface area (Å²) in [6, 6.07) is 12.4. The molecule has 38 heavy (non-hydrogen) atoms. The molecule has 198 valence electrons. The molecule has 10 heteroatoms. The van der Waals surface area contributed by atoms with Crippen molar-refractivity contribution >= 4 is 17.8 Å². The van der Waals surface area contributed by atoms with Gasteiger partial charge in [0.1, 0.15) is 22.9 Å². The molecular formula is C28H27F2N3O5. The molecule has 2 aromatic carbocycles. The Labute approximate surface area is 218 Å². The molecule has 0 aliphatic heterocycles. The monoisotopic (exact) mass is 523 g/mol. The summed E-state index contributed by atoms with van der Waals surface area (Å²) in [7, 11) is 1.30. The maximum absolute atomic E-state index is 13.9. The van der Waals surface area contributed by atoms with Gasteiger partial charge in [-0.05, 0) is 86.2 Å². The van der Waals surface area contributed by atoms with E-state index in [-0.39, 0.29) is 35.1 Å². The Hall–Kier alpha value is -4.34. The van der Waals surface area contributed by atoms with Crippen molar-refractivity contribution in [3.8, 4) is 11.6 Å². The third kappa shape index (κ3) is 6.90. The van der Waals surface area contributed by atoms with Crippen LogP contribution in [0.5, 0.6) is 11.6 Å². The number of aromatic nitrogens is 1. The number of methoxy groups -OCH3 is 1. The molecular weight excluding hydrogens is 496 g/mol. The number of hydrogen-bond acceptors (Lipinski definition) is 6. The van der Waals surface area contributed by atoms with Gasteiger partial charge in [0.2, 0.25) is 5.88 Å². The van der Waals surface area contributed by atoms with Crippen molar-refractivity contribution in [3.63, 3.8) is 0 Å². The number of nitrogens with zero attached hydrogens (tertiary/aromatic N) is 1. The predicted octanol–water partition coefficient (Wildman–Crippen LogP) is 4.66. The van der Waals surface area contributed by atoms with Gasteiger partial charge in [-0.1, -0.05) is 0 Å². The summed E-state index contributed by atoms with van der Waals surface area (Å²) in [6.45, 7) is 0.488. The number of ether oxygens (including phenoxy) is 2. The van der Waals surface area contributed by atoms with Gasteiger partial charge in [-0.2, -0.15) is 0 Å². The number of carbonyl (C=O) groups excluding carboxylic acids is 3. The number of esters is 1. The second-order valence-electron chi connectivity index (χ2n) is 9.03. The summed E-state index contributed by atoms with van der Waals surface area (Å²) in [5, 5.41) is 5.84. The van der Waals surface area contributed by atoms with Crippen LogP contribution in [-0.4, -0.2) is 42.5 Å². The lowest BCUT2D eigenvalue weighted by molar-refractivity contribution is 0.0600. The Morgan fingerprint density at radius 3 is 2.21 bits per heavy atom. The molecule has 1 heterocycles. The van der Waals surface area contributed by atoms with Crippen LogP contribution in [-0.2, 0) is 4.74 Å². The summed E-state index contributed by atoms with van der Waals surface area (Å²) in [5.41, 5.74) is 0.760. The molecule has 2 amide bonds. The predicted molar refractivity (Wildman–Crippen MR) is 134 cm³/mol. The third-order valence-corrected chi connectivity index (χ3v) is 6.39. The minimum atomic E-state index is -0.680. The van der Waals surface area contributed by atoms with Gasteiger partial charge >= 0.3 is 5.97 Å². The average molecular weight is 524 g/mol. The first-order valence-electron chi connectivity index (χ1n) is 12.2.